The molecule has 1 unspecified atom stereocenters. The molecule has 0 saturated heterocycles. The summed E-state index contributed by atoms with van der Waals surface area (Å²) < 4.78 is 14.5. The maximum Gasteiger partial charge on any atom is 0.276 e. The summed E-state index contributed by atoms with van der Waals surface area (Å²) in [6, 6.07) is -0.442. The number of aryl methyl sites for hydroxylation is 1. The van der Waals surface area contributed by atoms with E-state index in [1.54, 1.807) is 21.0 Å². The molecule has 108 valence electrons. The molecular formula is C11H15N5O4. The first-order chi connectivity index (χ1) is 9.61. The number of methoxy groups -OCH3 is 1. The van der Waals surface area contributed by atoms with Crippen molar-refractivity contribution in [1.29, 1.82) is 0 Å². The Morgan fingerprint density at radius 2 is 2.20 bits per heavy atom. The van der Waals surface area contributed by atoms with Crippen LogP contribution in [0.1, 0.15) is 40.9 Å². The van der Waals surface area contributed by atoms with Crippen molar-refractivity contribution in [3.63, 3.8) is 0 Å². The summed E-state index contributed by atoms with van der Waals surface area (Å²) in [5.74, 6) is 0.439. The van der Waals surface area contributed by atoms with Gasteiger partial charge in [-0.3, -0.25) is 4.79 Å². The van der Waals surface area contributed by atoms with Gasteiger partial charge in [-0.25, -0.2) is 4.63 Å². The third kappa shape index (κ3) is 3.18. The third-order valence-electron chi connectivity index (χ3n) is 2.60. The number of rotatable bonds is 6. The molecule has 1 atom stereocenters. The molecule has 2 aromatic rings. The molecule has 9 nitrogen and oxygen atoms in total. The third-order valence-corrected chi connectivity index (χ3v) is 2.60. The van der Waals surface area contributed by atoms with Gasteiger partial charge in [0.15, 0.2) is 11.5 Å². The van der Waals surface area contributed by atoms with Gasteiger partial charge in [-0.1, -0.05) is 10.3 Å². The van der Waals surface area contributed by atoms with Crippen LogP contribution in [0.4, 0.5) is 0 Å². The Morgan fingerprint density at radius 3 is 2.85 bits per heavy atom. The zero-order valence-corrected chi connectivity index (χ0v) is 11.4. The van der Waals surface area contributed by atoms with Crippen molar-refractivity contribution in [1.82, 2.24) is 25.8 Å². The van der Waals surface area contributed by atoms with Crippen LogP contribution in [0, 0.1) is 6.92 Å². The summed E-state index contributed by atoms with van der Waals surface area (Å²) in [6.45, 7) is 3.86. The Labute approximate surface area is 114 Å². The molecule has 0 fully saturated rings. The van der Waals surface area contributed by atoms with Crippen LogP contribution in [0.5, 0.6) is 0 Å². The molecule has 2 aromatic heterocycles. The first-order valence-corrected chi connectivity index (χ1v) is 6.03. The van der Waals surface area contributed by atoms with Gasteiger partial charge in [-0.2, -0.15) is 4.98 Å². The lowest BCUT2D eigenvalue weighted by atomic mass is 10.3. The SMILES string of the molecule is COCCc1noc(C(C)NC(=O)c2nonc2C)n1. The van der Waals surface area contributed by atoms with Crippen LogP contribution < -0.4 is 5.32 Å². The van der Waals surface area contributed by atoms with Gasteiger partial charge in [0.1, 0.15) is 11.7 Å². The molecule has 0 aliphatic carbocycles. The Kier molecular flexibility index (Phi) is 4.41. The van der Waals surface area contributed by atoms with E-state index in [2.05, 4.69) is 30.4 Å². The number of nitrogens with zero attached hydrogens (tertiary/aromatic N) is 4. The fourth-order valence-electron chi connectivity index (χ4n) is 1.50. The van der Waals surface area contributed by atoms with Gasteiger partial charge < -0.3 is 14.6 Å². The number of carbonyl (C=O) groups is 1. The van der Waals surface area contributed by atoms with E-state index in [9.17, 15) is 4.79 Å². The minimum Gasteiger partial charge on any atom is -0.384 e. The molecule has 0 aliphatic heterocycles. The standard InChI is InChI=1S/C11H15N5O4/c1-6-9(16-20-14-6)10(17)12-7(2)11-13-8(15-19-11)4-5-18-3/h7H,4-5H2,1-3H3,(H,12,17). The maximum absolute atomic E-state index is 11.9. The van der Waals surface area contributed by atoms with Crippen LogP contribution in [0.2, 0.25) is 0 Å². The summed E-state index contributed by atoms with van der Waals surface area (Å²) in [5, 5.41) is 13.5. The van der Waals surface area contributed by atoms with Crippen LogP contribution in [0.3, 0.4) is 0 Å². The molecule has 0 saturated carbocycles. The Bertz CT molecular complexity index is 579. The number of aromatic nitrogens is 4. The number of hydrogen-bond acceptors (Lipinski definition) is 8. The van der Waals surface area contributed by atoms with Crippen LogP contribution in [0.25, 0.3) is 0 Å². The van der Waals surface area contributed by atoms with Crippen LogP contribution in [-0.4, -0.2) is 40.1 Å². The second kappa shape index (κ2) is 6.24. The van der Waals surface area contributed by atoms with E-state index in [0.717, 1.165) is 0 Å². The van der Waals surface area contributed by atoms with E-state index in [1.807, 2.05) is 0 Å². The normalized spacial score (nSPS) is 12.3. The molecule has 0 aromatic carbocycles. The van der Waals surface area contributed by atoms with E-state index in [-0.39, 0.29) is 5.69 Å². The monoisotopic (exact) mass is 281 g/mol. The van der Waals surface area contributed by atoms with Crippen molar-refractivity contribution in [3.05, 3.63) is 23.1 Å². The van der Waals surface area contributed by atoms with E-state index in [1.165, 1.54) is 0 Å². The van der Waals surface area contributed by atoms with Crippen molar-refractivity contribution in [2.45, 2.75) is 26.3 Å². The minimum absolute atomic E-state index is 0.135. The lowest BCUT2D eigenvalue weighted by Gasteiger charge is -2.07. The second-order valence-electron chi connectivity index (χ2n) is 4.19. The van der Waals surface area contributed by atoms with E-state index in [4.69, 9.17) is 9.26 Å². The van der Waals surface area contributed by atoms with Crippen molar-refractivity contribution >= 4 is 5.91 Å². The minimum atomic E-state index is -0.442. The largest absolute Gasteiger partial charge is 0.384 e. The first kappa shape index (κ1) is 14.1. The number of amides is 1. The van der Waals surface area contributed by atoms with E-state index >= 15 is 0 Å². The second-order valence-corrected chi connectivity index (χ2v) is 4.19. The molecule has 0 aliphatic rings. The number of hydrogen-bond donors (Lipinski definition) is 1. The van der Waals surface area contributed by atoms with Crippen LogP contribution in [0.15, 0.2) is 9.15 Å². The fourth-order valence-corrected chi connectivity index (χ4v) is 1.50. The predicted molar refractivity (Wildman–Crippen MR) is 64.8 cm³/mol. The topological polar surface area (TPSA) is 116 Å². The van der Waals surface area contributed by atoms with Gasteiger partial charge in [0.05, 0.1) is 6.61 Å². The molecule has 0 bridgehead atoms. The molecule has 0 radical (unpaired) electrons. The Hall–Kier alpha value is -2.29. The molecule has 9 heteroatoms. The van der Waals surface area contributed by atoms with Gasteiger partial charge in [-0.15, -0.1) is 0 Å². The quantitative estimate of drug-likeness (QED) is 0.810. The maximum atomic E-state index is 11.9. The number of nitrogens with one attached hydrogen (secondary N) is 1. The lowest BCUT2D eigenvalue weighted by Crippen LogP contribution is -2.27. The summed E-state index contributed by atoms with van der Waals surface area (Å²) in [5.41, 5.74) is 0.553. The smallest absolute Gasteiger partial charge is 0.276 e. The van der Waals surface area contributed by atoms with Gasteiger partial charge in [0.2, 0.25) is 5.89 Å². The zero-order valence-electron chi connectivity index (χ0n) is 11.4. The average molecular weight is 281 g/mol. The molecular weight excluding hydrogens is 266 g/mol. The highest BCUT2D eigenvalue weighted by Crippen LogP contribution is 2.11. The van der Waals surface area contributed by atoms with Gasteiger partial charge >= 0.3 is 0 Å². The van der Waals surface area contributed by atoms with E-state index in [0.29, 0.717) is 30.4 Å². The van der Waals surface area contributed by atoms with Gasteiger partial charge in [-0.05, 0) is 19.0 Å². The molecule has 0 spiro atoms. The van der Waals surface area contributed by atoms with Crippen molar-refractivity contribution < 1.29 is 18.7 Å². The zero-order chi connectivity index (χ0) is 14.5. The fraction of sp³-hybridized carbons (Fsp3) is 0.545. The van der Waals surface area contributed by atoms with Crippen molar-refractivity contribution in [2.24, 2.45) is 0 Å². The average Bonchev–Trinajstić information content (AvgIpc) is 3.04. The molecule has 2 heterocycles. The van der Waals surface area contributed by atoms with Crippen molar-refractivity contribution in [3.8, 4) is 0 Å². The van der Waals surface area contributed by atoms with E-state index < -0.39 is 11.9 Å². The molecule has 1 N–H and O–H groups in total. The first-order valence-electron chi connectivity index (χ1n) is 6.03. The van der Waals surface area contributed by atoms with Crippen LogP contribution in [-0.2, 0) is 11.2 Å². The Balaban J connectivity index is 1.97. The summed E-state index contributed by atoms with van der Waals surface area (Å²) in [4.78, 5) is 16.1. The number of carbonyl (C=O) groups excluding carboxylic acids is 1. The predicted octanol–water partition coefficient (Wildman–Crippen LogP) is 0.441. The summed E-state index contributed by atoms with van der Waals surface area (Å²) >= 11 is 0. The number of ether oxygens (including phenoxy) is 1. The van der Waals surface area contributed by atoms with Crippen LogP contribution >= 0.6 is 0 Å². The summed E-state index contributed by atoms with van der Waals surface area (Å²) in [6.07, 6.45) is 0.549. The van der Waals surface area contributed by atoms with Gasteiger partial charge in [0.25, 0.3) is 5.91 Å². The molecule has 2 rings (SSSR count). The molecule has 1 amide bonds. The Morgan fingerprint density at radius 1 is 1.40 bits per heavy atom. The van der Waals surface area contributed by atoms with Crippen molar-refractivity contribution in [2.75, 3.05) is 13.7 Å². The highest BCUT2D eigenvalue weighted by Gasteiger charge is 2.21. The summed E-state index contributed by atoms with van der Waals surface area (Å²) in [7, 11) is 1.60. The highest BCUT2D eigenvalue weighted by atomic mass is 16.6. The highest BCUT2D eigenvalue weighted by molar-refractivity contribution is 5.93. The molecule has 20 heavy (non-hydrogen) atoms. The van der Waals surface area contributed by atoms with Gasteiger partial charge in [0, 0.05) is 13.5 Å². The lowest BCUT2D eigenvalue weighted by molar-refractivity contribution is 0.0922.